The summed E-state index contributed by atoms with van der Waals surface area (Å²) in [6.45, 7) is 11.3. The Hall–Kier alpha value is -2.66. The first-order chi connectivity index (χ1) is 14.9. The number of halogens is 1. The van der Waals surface area contributed by atoms with Gasteiger partial charge in [0.05, 0.1) is 22.6 Å². The highest BCUT2D eigenvalue weighted by molar-refractivity contribution is 5.60. The molecule has 164 valence electrons. The molecule has 0 spiro atoms. The molecule has 0 amide bonds. The lowest BCUT2D eigenvalue weighted by atomic mass is 10.1. The van der Waals surface area contributed by atoms with Gasteiger partial charge in [-0.05, 0) is 63.9 Å². The smallest absolute Gasteiger partial charge is 0.146 e. The Bertz CT molecular complexity index is 982. The average molecular weight is 421 g/mol. The molecule has 1 saturated heterocycles. The standard InChI is InChI=1S/C26H33FN4/c1-26(2,3)31-25(21-10-5-4-6-11-21)20-22(28-31)12-9-15-29-16-18-30(19-17-29)24-14-8-7-13-23(24)27/h4-8,10-11,13-14,20H,9,12,15-19H2,1-3H3. The van der Waals surface area contributed by atoms with Crippen molar-refractivity contribution in [2.24, 2.45) is 0 Å². The summed E-state index contributed by atoms with van der Waals surface area (Å²) in [5, 5.41) is 4.95. The molecule has 4 rings (SSSR count). The highest BCUT2D eigenvalue weighted by Gasteiger charge is 2.21. The van der Waals surface area contributed by atoms with Crippen LogP contribution in [0.3, 0.4) is 0 Å². The number of piperazine rings is 1. The minimum Gasteiger partial charge on any atom is -0.367 e. The number of hydrogen-bond acceptors (Lipinski definition) is 3. The lowest BCUT2D eigenvalue weighted by Gasteiger charge is -2.36. The van der Waals surface area contributed by atoms with E-state index >= 15 is 0 Å². The first kappa shape index (κ1) is 21.6. The minimum atomic E-state index is -0.125. The van der Waals surface area contributed by atoms with Crippen molar-refractivity contribution in [3.05, 3.63) is 72.2 Å². The van der Waals surface area contributed by atoms with Crippen LogP contribution in [0.15, 0.2) is 60.7 Å². The third-order valence-electron chi connectivity index (χ3n) is 5.94. The largest absolute Gasteiger partial charge is 0.367 e. The van der Waals surface area contributed by atoms with Crippen LogP contribution in [0, 0.1) is 5.82 Å². The molecule has 31 heavy (non-hydrogen) atoms. The number of anilines is 1. The average Bonchev–Trinajstić information content (AvgIpc) is 3.20. The normalized spacial score (nSPS) is 15.4. The molecule has 1 aromatic heterocycles. The summed E-state index contributed by atoms with van der Waals surface area (Å²) in [5.74, 6) is -0.125. The van der Waals surface area contributed by atoms with Crippen molar-refractivity contribution in [2.75, 3.05) is 37.6 Å². The van der Waals surface area contributed by atoms with Gasteiger partial charge in [-0.2, -0.15) is 5.10 Å². The van der Waals surface area contributed by atoms with Crippen LogP contribution in [0.4, 0.5) is 10.1 Å². The molecule has 0 unspecified atom stereocenters. The van der Waals surface area contributed by atoms with Gasteiger partial charge in [-0.15, -0.1) is 0 Å². The Labute approximate surface area is 185 Å². The molecule has 0 saturated carbocycles. The van der Waals surface area contributed by atoms with E-state index in [0.29, 0.717) is 0 Å². The number of nitrogens with zero attached hydrogens (tertiary/aromatic N) is 4. The second-order valence-corrected chi connectivity index (χ2v) is 9.35. The van der Waals surface area contributed by atoms with Crippen molar-refractivity contribution in [2.45, 2.75) is 39.2 Å². The SMILES string of the molecule is CC(C)(C)n1nc(CCCN2CCN(c3ccccc3F)CC2)cc1-c1ccccc1. The maximum atomic E-state index is 14.0. The van der Waals surface area contributed by atoms with Gasteiger partial charge in [0.1, 0.15) is 5.82 Å². The molecule has 0 atom stereocenters. The van der Waals surface area contributed by atoms with Crippen molar-refractivity contribution >= 4 is 5.69 Å². The second kappa shape index (κ2) is 9.23. The van der Waals surface area contributed by atoms with Gasteiger partial charge in [-0.1, -0.05) is 42.5 Å². The molecule has 0 N–H and O–H groups in total. The zero-order chi connectivity index (χ0) is 21.8. The predicted octanol–water partition coefficient (Wildman–Crippen LogP) is 5.20. The first-order valence-electron chi connectivity index (χ1n) is 11.3. The van der Waals surface area contributed by atoms with Gasteiger partial charge in [0.2, 0.25) is 0 Å². The van der Waals surface area contributed by atoms with E-state index in [1.807, 2.05) is 18.2 Å². The van der Waals surface area contributed by atoms with E-state index in [-0.39, 0.29) is 11.4 Å². The van der Waals surface area contributed by atoms with Crippen molar-refractivity contribution in [3.63, 3.8) is 0 Å². The first-order valence-corrected chi connectivity index (χ1v) is 11.3. The van der Waals surface area contributed by atoms with Crippen LogP contribution in [-0.4, -0.2) is 47.4 Å². The molecule has 1 aliphatic heterocycles. The summed E-state index contributed by atoms with van der Waals surface area (Å²) >= 11 is 0. The fourth-order valence-electron chi connectivity index (χ4n) is 4.28. The zero-order valence-corrected chi connectivity index (χ0v) is 18.9. The third kappa shape index (κ3) is 5.16. The van der Waals surface area contributed by atoms with E-state index in [1.54, 1.807) is 12.1 Å². The number of hydrogen-bond donors (Lipinski definition) is 0. The Balaban J connectivity index is 1.33. The molecule has 2 aromatic carbocycles. The van der Waals surface area contributed by atoms with Crippen LogP contribution in [0.2, 0.25) is 0 Å². The quantitative estimate of drug-likeness (QED) is 0.548. The summed E-state index contributed by atoms with van der Waals surface area (Å²) in [4.78, 5) is 4.64. The Morgan fingerprint density at radius 3 is 2.26 bits per heavy atom. The summed E-state index contributed by atoms with van der Waals surface area (Å²) < 4.78 is 16.2. The molecule has 0 bridgehead atoms. The van der Waals surface area contributed by atoms with Gasteiger partial charge in [0.15, 0.2) is 0 Å². The van der Waals surface area contributed by atoms with E-state index in [1.165, 1.54) is 11.3 Å². The van der Waals surface area contributed by atoms with Crippen molar-refractivity contribution in [3.8, 4) is 11.3 Å². The van der Waals surface area contributed by atoms with Crippen LogP contribution in [0.25, 0.3) is 11.3 Å². The van der Waals surface area contributed by atoms with Crippen molar-refractivity contribution in [1.29, 1.82) is 0 Å². The zero-order valence-electron chi connectivity index (χ0n) is 18.9. The van der Waals surface area contributed by atoms with E-state index in [9.17, 15) is 4.39 Å². The highest BCUT2D eigenvalue weighted by Crippen LogP contribution is 2.27. The summed E-state index contributed by atoms with van der Waals surface area (Å²) in [6.07, 6.45) is 2.05. The number of aromatic nitrogens is 2. The molecular formula is C26H33FN4. The maximum Gasteiger partial charge on any atom is 0.146 e. The molecular weight excluding hydrogens is 387 g/mol. The fraction of sp³-hybridized carbons (Fsp3) is 0.423. The monoisotopic (exact) mass is 420 g/mol. The van der Waals surface area contributed by atoms with E-state index < -0.39 is 0 Å². The summed E-state index contributed by atoms with van der Waals surface area (Å²) in [5.41, 5.74) is 4.20. The Morgan fingerprint density at radius 2 is 1.58 bits per heavy atom. The highest BCUT2D eigenvalue weighted by atomic mass is 19.1. The molecule has 3 aromatic rings. The third-order valence-corrected chi connectivity index (χ3v) is 5.94. The lowest BCUT2D eigenvalue weighted by Crippen LogP contribution is -2.47. The molecule has 4 nitrogen and oxygen atoms in total. The molecule has 0 radical (unpaired) electrons. The van der Waals surface area contributed by atoms with Crippen molar-refractivity contribution < 1.29 is 4.39 Å². The lowest BCUT2D eigenvalue weighted by molar-refractivity contribution is 0.254. The van der Waals surface area contributed by atoms with Crippen LogP contribution in [0.5, 0.6) is 0 Å². The number of para-hydroxylation sites is 1. The molecule has 2 heterocycles. The number of benzene rings is 2. The molecule has 0 aliphatic carbocycles. The maximum absolute atomic E-state index is 14.0. The molecule has 5 heteroatoms. The van der Waals surface area contributed by atoms with Crippen LogP contribution < -0.4 is 4.90 Å². The van der Waals surface area contributed by atoms with Crippen LogP contribution in [0.1, 0.15) is 32.9 Å². The van der Waals surface area contributed by atoms with Gasteiger partial charge >= 0.3 is 0 Å². The van der Waals surface area contributed by atoms with E-state index in [4.69, 9.17) is 5.10 Å². The van der Waals surface area contributed by atoms with E-state index in [0.717, 1.165) is 56.9 Å². The fourth-order valence-corrected chi connectivity index (χ4v) is 4.28. The molecule has 1 fully saturated rings. The van der Waals surface area contributed by atoms with Crippen molar-refractivity contribution in [1.82, 2.24) is 14.7 Å². The second-order valence-electron chi connectivity index (χ2n) is 9.35. The van der Waals surface area contributed by atoms with Gasteiger partial charge < -0.3 is 4.90 Å². The number of rotatable bonds is 6. The Kier molecular flexibility index (Phi) is 6.42. The van der Waals surface area contributed by atoms with Gasteiger partial charge in [0, 0.05) is 26.2 Å². The minimum absolute atomic E-state index is 0.0630. The summed E-state index contributed by atoms with van der Waals surface area (Å²) in [6, 6.07) is 19.8. The van der Waals surface area contributed by atoms with Gasteiger partial charge in [-0.25, -0.2) is 4.39 Å². The number of aryl methyl sites for hydroxylation is 1. The Morgan fingerprint density at radius 1 is 0.903 bits per heavy atom. The van der Waals surface area contributed by atoms with E-state index in [2.05, 4.69) is 65.6 Å². The van der Waals surface area contributed by atoms with Gasteiger partial charge in [0.25, 0.3) is 0 Å². The molecule has 1 aliphatic rings. The van der Waals surface area contributed by atoms with Crippen LogP contribution in [-0.2, 0) is 12.0 Å². The predicted molar refractivity (Wildman–Crippen MR) is 126 cm³/mol. The van der Waals surface area contributed by atoms with Gasteiger partial charge in [-0.3, -0.25) is 9.58 Å². The summed E-state index contributed by atoms with van der Waals surface area (Å²) in [7, 11) is 0. The van der Waals surface area contributed by atoms with Crippen LogP contribution >= 0.6 is 0 Å². The topological polar surface area (TPSA) is 24.3 Å².